The van der Waals surface area contributed by atoms with E-state index in [4.69, 9.17) is 9.84 Å². The molecular weight excluding hydrogens is 220 g/mol. The number of likely N-dealkylation sites (tertiary alicyclic amines) is 1. The van der Waals surface area contributed by atoms with Crippen molar-refractivity contribution in [3.8, 4) is 5.75 Å². The van der Waals surface area contributed by atoms with Crippen molar-refractivity contribution in [2.75, 3.05) is 26.2 Å². The summed E-state index contributed by atoms with van der Waals surface area (Å²) in [5, 5.41) is 8.96. The number of pyridine rings is 1. The number of ether oxygens (including phenoxy) is 1. The van der Waals surface area contributed by atoms with Gasteiger partial charge in [0.2, 0.25) is 0 Å². The minimum atomic E-state index is -0.983. The van der Waals surface area contributed by atoms with Crippen LogP contribution in [0.4, 0.5) is 0 Å². The molecule has 2 rings (SSSR count). The molecule has 0 radical (unpaired) electrons. The van der Waals surface area contributed by atoms with Gasteiger partial charge >= 0.3 is 5.97 Å². The van der Waals surface area contributed by atoms with Gasteiger partial charge in [0.05, 0.1) is 6.20 Å². The summed E-state index contributed by atoms with van der Waals surface area (Å²) in [6.07, 6.45) is 5.39. The number of rotatable bonds is 5. The average molecular weight is 236 g/mol. The topological polar surface area (TPSA) is 62.7 Å². The summed E-state index contributed by atoms with van der Waals surface area (Å²) >= 11 is 0. The Bertz CT molecular complexity index is 389. The van der Waals surface area contributed by atoms with Gasteiger partial charge in [-0.1, -0.05) is 0 Å². The Balaban J connectivity index is 1.87. The van der Waals surface area contributed by atoms with Crippen LogP contribution in [0.1, 0.15) is 23.2 Å². The van der Waals surface area contributed by atoms with E-state index >= 15 is 0 Å². The molecule has 0 amide bonds. The van der Waals surface area contributed by atoms with Crippen LogP contribution >= 0.6 is 0 Å². The number of carboxylic acids is 1. The van der Waals surface area contributed by atoms with E-state index in [1.165, 1.54) is 31.3 Å². The van der Waals surface area contributed by atoms with Crippen LogP contribution in [-0.2, 0) is 0 Å². The molecule has 0 unspecified atom stereocenters. The summed E-state index contributed by atoms with van der Waals surface area (Å²) in [6.45, 7) is 3.57. The summed E-state index contributed by atoms with van der Waals surface area (Å²) in [4.78, 5) is 17.1. The van der Waals surface area contributed by atoms with Crippen molar-refractivity contribution < 1.29 is 14.6 Å². The number of carbonyl (C=O) groups is 1. The van der Waals surface area contributed by atoms with E-state index in [1.807, 2.05) is 0 Å². The van der Waals surface area contributed by atoms with E-state index in [-0.39, 0.29) is 5.56 Å². The lowest BCUT2D eigenvalue weighted by atomic mass is 10.2. The molecule has 1 fully saturated rings. The standard InChI is InChI=1S/C12H16N2O3/c15-12(16)10-3-4-13-9-11(10)17-8-7-14-5-1-2-6-14/h3-4,9H,1-2,5-8H2,(H,15,16). The second-order valence-corrected chi connectivity index (χ2v) is 4.07. The van der Waals surface area contributed by atoms with Gasteiger partial charge in [-0.2, -0.15) is 0 Å². The maximum Gasteiger partial charge on any atom is 0.339 e. The number of aromatic carboxylic acids is 1. The van der Waals surface area contributed by atoms with Crippen LogP contribution in [-0.4, -0.2) is 47.2 Å². The van der Waals surface area contributed by atoms with Gasteiger partial charge in [0.1, 0.15) is 12.2 Å². The second-order valence-electron chi connectivity index (χ2n) is 4.07. The zero-order valence-corrected chi connectivity index (χ0v) is 9.63. The highest BCUT2D eigenvalue weighted by Gasteiger charge is 2.13. The minimum absolute atomic E-state index is 0.168. The first-order valence-corrected chi connectivity index (χ1v) is 5.80. The number of hydrogen-bond acceptors (Lipinski definition) is 4. The molecule has 0 aromatic carbocycles. The van der Waals surface area contributed by atoms with E-state index in [0.717, 1.165) is 19.6 Å². The molecule has 1 saturated heterocycles. The predicted octanol–water partition coefficient (Wildman–Crippen LogP) is 1.25. The van der Waals surface area contributed by atoms with E-state index in [0.29, 0.717) is 12.4 Å². The van der Waals surface area contributed by atoms with Crippen molar-refractivity contribution >= 4 is 5.97 Å². The third kappa shape index (κ3) is 3.17. The van der Waals surface area contributed by atoms with Crippen LogP contribution < -0.4 is 4.74 Å². The van der Waals surface area contributed by atoms with Crippen molar-refractivity contribution in [1.82, 2.24) is 9.88 Å². The summed E-state index contributed by atoms with van der Waals surface area (Å²) in [6, 6.07) is 1.45. The molecular formula is C12H16N2O3. The first-order chi connectivity index (χ1) is 8.27. The molecule has 1 aromatic rings. The molecule has 1 N–H and O–H groups in total. The lowest BCUT2D eigenvalue weighted by molar-refractivity contribution is 0.0691. The maximum atomic E-state index is 10.9. The summed E-state index contributed by atoms with van der Waals surface area (Å²) in [5.74, 6) is -0.636. The van der Waals surface area contributed by atoms with Gasteiger partial charge in [0.25, 0.3) is 0 Å². The Morgan fingerprint density at radius 1 is 1.47 bits per heavy atom. The molecule has 17 heavy (non-hydrogen) atoms. The first kappa shape index (κ1) is 11.9. The minimum Gasteiger partial charge on any atom is -0.490 e. The normalized spacial score (nSPS) is 16.0. The Hall–Kier alpha value is -1.62. The van der Waals surface area contributed by atoms with Gasteiger partial charge < -0.3 is 9.84 Å². The second kappa shape index (κ2) is 5.63. The lowest BCUT2D eigenvalue weighted by Gasteiger charge is -2.15. The number of aromatic nitrogens is 1. The molecule has 92 valence electrons. The molecule has 0 saturated carbocycles. The van der Waals surface area contributed by atoms with Gasteiger partial charge in [-0.15, -0.1) is 0 Å². The summed E-state index contributed by atoms with van der Waals surface area (Å²) < 4.78 is 5.48. The van der Waals surface area contributed by atoms with Crippen LogP contribution in [0.2, 0.25) is 0 Å². The Morgan fingerprint density at radius 2 is 2.24 bits per heavy atom. The third-order valence-corrected chi connectivity index (χ3v) is 2.88. The van der Waals surface area contributed by atoms with E-state index in [9.17, 15) is 4.79 Å². The first-order valence-electron chi connectivity index (χ1n) is 5.80. The van der Waals surface area contributed by atoms with Gasteiger partial charge in [-0.25, -0.2) is 4.79 Å². The zero-order chi connectivity index (χ0) is 12.1. The van der Waals surface area contributed by atoms with Crippen LogP contribution in [0.25, 0.3) is 0 Å². The quantitative estimate of drug-likeness (QED) is 0.833. The molecule has 2 heterocycles. The molecule has 0 bridgehead atoms. The largest absolute Gasteiger partial charge is 0.490 e. The van der Waals surface area contributed by atoms with Crippen LogP contribution in [0, 0.1) is 0 Å². The monoisotopic (exact) mass is 236 g/mol. The smallest absolute Gasteiger partial charge is 0.339 e. The van der Waals surface area contributed by atoms with Crippen LogP contribution in [0.15, 0.2) is 18.5 Å². The van der Waals surface area contributed by atoms with Crippen LogP contribution in [0.5, 0.6) is 5.75 Å². The van der Waals surface area contributed by atoms with Gasteiger partial charge in [0, 0.05) is 12.7 Å². The molecule has 1 aromatic heterocycles. The van der Waals surface area contributed by atoms with Crippen molar-refractivity contribution in [3.05, 3.63) is 24.0 Å². The predicted molar refractivity (Wildman–Crippen MR) is 62.4 cm³/mol. The molecule has 5 nitrogen and oxygen atoms in total. The van der Waals surface area contributed by atoms with E-state index in [1.54, 1.807) is 0 Å². The molecule has 5 heteroatoms. The maximum absolute atomic E-state index is 10.9. The summed E-state index contributed by atoms with van der Waals surface area (Å²) in [7, 11) is 0. The molecule has 1 aliphatic heterocycles. The van der Waals surface area contributed by atoms with Gasteiger partial charge in [-0.3, -0.25) is 9.88 Å². The van der Waals surface area contributed by atoms with Gasteiger partial charge in [0.15, 0.2) is 5.75 Å². The lowest BCUT2D eigenvalue weighted by Crippen LogP contribution is -2.25. The molecule has 0 atom stereocenters. The van der Waals surface area contributed by atoms with Crippen molar-refractivity contribution in [3.63, 3.8) is 0 Å². The highest BCUT2D eigenvalue weighted by atomic mass is 16.5. The van der Waals surface area contributed by atoms with E-state index in [2.05, 4.69) is 9.88 Å². The molecule has 1 aliphatic rings. The Morgan fingerprint density at radius 3 is 2.94 bits per heavy atom. The van der Waals surface area contributed by atoms with Crippen molar-refractivity contribution in [2.24, 2.45) is 0 Å². The van der Waals surface area contributed by atoms with Crippen molar-refractivity contribution in [2.45, 2.75) is 12.8 Å². The zero-order valence-electron chi connectivity index (χ0n) is 9.63. The number of hydrogen-bond donors (Lipinski definition) is 1. The number of nitrogens with zero attached hydrogens (tertiary/aromatic N) is 2. The number of carboxylic acid groups (broad SMARTS) is 1. The fourth-order valence-corrected chi connectivity index (χ4v) is 1.96. The SMILES string of the molecule is O=C(O)c1ccncc1OCCN1CCCC1. The molecule has 0 aliphatic carbocycles. The molecule has 0 spiro atoms. The fourth-order valence-electron chi connectivity index (χ4n) is 1.96. The summed E-state index contributed by atoms with van der Waals surface area (Å²) in [5.41, 5.74) is 0.168. The fraction of sp³-hybridized carbons (Fsp3) is 0.500. The van der Waals surface area contributed by atoms with Crippen molar-refractivity contribution in [1.29, 1.82) is 0 Å². The van der Waals surface area contributed by atoms with E-state index < -0.39 is 5.97 Å². The Kier molecular flexibility index (Phi) is 3.93. The highest BCUT2D eigenvalue weighted by Crippen LogP contribution is 2.16. The Labute approximate surface area is 100 Å². The van der Waals surface area contributed by atoms with Crippen LogP contribution in [0.3, 0.4) is 0 Å². The highest BCUT2D eigenvalue weighted by molar-refractivity contribution is 5.90. The average Bonchev–Trinajstić information content (AvgIpc) is 2.82. The van der Waals surface area contributed by atoms with Gasteiger partial charge in [-0.05, 0) is 32.0 Å². The third-order valence-electron chi connectivity index (χ3n) is 2.88.